The van der Waals surface area contributed by atoms with E-state index < -0.39 is 12.2 Å². The molecule has 0 amide bonds. The fraction of sp³-hybridized carbons (Fsp3) is 0.789. The predicted octanol–water partition coefficient (Wildman–Crippen LogP) is 2.83. The van der Waals surface area contributed by atoms with E-state index in [1.807, 2.05) is 6.08 Å². The molecule has 0 aromatic rings. The minimum atomic E-state index is -0.659. The molecule has 0 aromatic heterocycles. The van der Waals surface area contributed by atoms with Crippen LogP contribution in [-0.2, 0) is 14.3 Å². The summed E-state index contributed by atoms with van der Waals surface area (Å²) in [6.07, 6.45) is 7.39. The highest BCUT2D eigenvalue weighted by atomic mass is 32.2. The van der Waals surface area contributed by atoms with Crippen molar-refractivity contribution in [3.63, 3.8) is 0 Å². The normalized spacial score (nSPS) is 24.3. The van der Waals surface area contributed by atoms with Crippen molar-refractivity contribution in [3.05, 3.63) is 12.2 Å². The molecule has 4 atom stereocenters. The topological polar surface area (TPSA) is 83.8 Å². The highest BCUT2D eigenvalue weighted by Gasteiger charge is 2.40. The van der Waals surface area contributed by atoms with Gasteiger partial charge in [-0.15, -0.1) is 11.8 Å². The lowest BCUT2D eigenvalue weighted by molar-refractivity contribution is -0.137. The van der Waals surface area contributed by atoms with E-state index in [1.54, 1.807) is 17.8 Å². The second-order valence-electron chi connectivity index (χ2n) is 6.54. The predicted molar refractivity (Wildman–Crippen MR) is 109 cm³/mol. The van der Waals surface area contributed by atoms with E-state index in [2.05, 4.69) is 11.7 Å². The Kier molecular flexibility index (Phi) is 12.3. The van der Waals surface area contributed by atoms with Gasteiger partial charge in [-0.3, -0.25) is 9.59 Å². The zero-order valence-electron chi connectivity index (χ0n) is 15.8. The smallest absolute Gasteiger partial charge is 0.315 e. The summed E-state index contributed by atoms with van der Waals surface area (Å²) in [5, 5.41) is 19.9. The number of ether oxygens (including phenoxy) is 1. The first-order valence-electron chi connectivity index (χ1n) is 9.32. The Labute approximate surface area is 165 Å². The lowest BCUT2D eigenvalue weighted by Gasteiger charge is -2.17. The van der Waals surface area contributed by atoms with Crippen molar-refractivity contribution in [1.29, 1.82) is 0 Å². The zero-order chi connectivity index (χ0) is 19.4. The van der Waals surface area contributed by atoms with Crippen LogP contribution in [0, 0.1) is 5.92 Å². The Morgan fingerprint density at radius 1 is 1.35 bits per heavy atom. The molecule has 1 saturated carbocycles. The number of carbonyl (C=O) groups excluding carboxylic acids is 2. The highest BCUT2D eigenvalue weighted by molar-refractivity contribution is 8.01. The molecular formula is C19H32O5S2. The summed E-state index contributed by atoms with van der Waals surface area (Å²) in [6, 6.07) is 0. The van der Waals surface area contributed by atoms with Gasteiger partial charge in [0.15, 0.2) is 0 Å². The van der Waals surface area contributed by atoms with Crippen LogP contribution < -0.4 is 0 Å². The van der Waals surface area contributed by atoms with E-state index in [-0.39, 0.29) is 29.3 Å². The van der Waals surface area contributed by atoms with Crippen molar-refractivity contribution in [1.82, 2.24) is 0 Å². The van der Waals surface area contributed by atoms with Gasteiger partial charge >= 0.3 is 5.97 Å². The van der Waals surface area contributed by atoms with Crippen molar-refractivity contribution in [3.8, 4) is 0 Å². The van der Waals surface area contributed by atoms with Gasteiger partial charge in [-0.2, -0.15) is 11.8 Å². The van der Waals surface area contributed by atoms with Gasteiger partial charge < -0.3 is 14.9 Å². The average molecular weight is 405 g/mol. The third-order valence-corrected chi connectivity index (χ3v) is 6.84. The van der Waals surface area contributed by atoms with Crippen LogP contribution in [0.2, 0.25) is 0 Å². The van der Waals surface area contributed by atoms with Gasteiger partial charge in [0.25, 0.3) is 0 Å². The van der Waals surface area contributed by atoms with Crippen LogP contribution in [0.1, 0.15) is 45.4 Å². The standard InChI is InChI=1S/C19H32O5S2/c1-3-4-5-7-14(20)8-9-15-16(21)12-17(22)19(15)26-11-6-10-25-13-18(23)24-2/h8-9,14-16,19-21H,3-7,10-13H2,1-2H3/t14?,15-,16+,19?/m0/s1. The molecular weight excluding hydrogens is 372 g/mol. The van der Waals surface area contributed by atoms with Gasteiger partial charge in [-0.05, 0) is 24.3 Å². The number of aliphatic hydroxyl groups excluding tert-OH is 2. The van der Waals surface area contributed by atoms with E-state index in [0.29, 0.717) is 5.75 Å². The molecule has 0 heterocycles. The van der Waals surface area contributed by atoms with Crippen LogP contribution >= 0.6 is 23.5 Å². The summed E-state index contributed by atoms with van der Waals surface area (Å²) in [5.74, 6) is 1.63. The third kappa shape index (κ3) is 8.93. The van der Waals surface area contributed by atoms with E-state index in [0.717, 1.165) is 43.6 Å². The molecule has 0 spiro atoms. The molecule has 26 heavy (non-hydrogen) atoms. The van der Waals surface area contributed by atoms with Crippen molar-refractivity contribution >= 4 is 35.3 Å². The van der Waals surface area contributed by atoms with Crippen LogP contribution in [0.3, 0.4) is 0 Å². The number of unbranched alkanes of at least 4 members (excludes halogenated alkanes) is 2. The van der Waals surface area contributed by atoms with Crippen molar-refractivity contribution in [2.24, 2.45) is 5.92 Å². The minimum Gasteiger partial charge on any atom is -0.468 e. The van der Waals surface area contributed by atoms with Gasteiger partial charge in [0, 0.05) is 12.3 Å². The molecule has 0 aliphatic heterocycles. The van der Waals surface area contributed by atoms with Crippen LogP contribution in [0.4, 0.5) is 0 Å². The van der Waals surface area contributed by atoms with E-state index in [4.69, 9.17) is 0 Å². The van der Waals surface area contributed by atoms with Gasteiger partial charge in [0.05, 0.1) is 30.3 Å². The minimum absolute atomic E-state index is 0.0832. The molecule has 7 heteroatoms. The number of methoxy groups -OCH3 is 1. The molecule has 0 aromatic carbocycles. The molecule has 0 saturated heterocycles. The van der Waals surface area contributed by atoms with Crippen molar-refractivity contribution < 1.29 is 24.5 Å². The Balaban J connectivity index is 2.37. The first-order valence-corrected chi connectivity index (χ1v) is 11.5. The van der Waals surface area contributed by atoms with Crippen molar-refractivity contribution in [2.45, 2.75) is 62.9 Å². The van der Waals surface area contributed by atoms with Crippen molar-refractivity contribution in [2.75, 3.05) is 24.4 Å². The number of hydrogen-bond acceptors (Lipinski definition) is 7. The maximum Gasteiger partial charge on any atom is 0.315 e. The molecule has 5 nitrogen and oxygen atoms in total. The second kappa shape index (κ2) is 13.6. The number of carbonyl (C=O) groups is 2. The first kappa shape index (κ1) is 23.5. The Morgan fingerprint density at radius 3 is 2.81 bits per heavy atom. The van der Waals surface area contributed by atoms with Gasteiger partial charge in [0.1, 0.15) is 5.78 Å². The molecule has 1 rings (SSSR count). The quantitative estimate of drug-likeness (QED) is 0.277. The van der Waals surface area contributed by atoms with Gasteiger partial charge in [-0.25, -0.2) is 0 Å². The first-order chi connectivity index (χ1) is 12.5. The molecule has 2 unspecified atom stereocenters. The molecule has 2 N–H and O–H groups in total. The second-order valence-corrected chi connectivity index (χ2v) is 8.89. The van der Waals surface area contributed by atoms with Gasteiger partial charge in [-0.1, -0.05) is 38.3 Å². The number of hydrogen-bond donors (Lipinski definition) is 2. The maximum absolute atomic E-state index is 12.2. The maximum atomic E-state index is 12.2. The summed E-state index contributed by atoms with van der Waals surface area (Å²) in [4.78, 5) is 23.2. The highest BCUT2D eigenvalue weighted by Crippen LogP contribution is 2.34. The molecule has 1 fully saturated rings. The fourth-order valence-electron chi connectivity index (χ4n) is 2.85. The molecule has 0 bridgehead atoms. The summed E-state index contributed by atoms with van der Waals surface area (Å²) in [6.45, 7) is 2.12. The number of thioether (sulfide) groups is 2. The summed E-state index contributed by atoms with van der Waals surface area (Å²) < 4.78 is 4.59. The number of esters is 1. The van der Waals surface area contributed by atoms with E-state index in [9.17, 15) is 19.8 Å². The lowest BCUT2D eigenvalue weighted by Crippen LogP contribution is -2.22. The fourth-order valence-corrected chi connectivity index (χ4v) is 5.15. The van der Waals surface area contributed by atoms with E-state index >= 15 is 0 Å². The molecule has 150 valence electrons. The van der Waals surface area contributed by atoms with E-state index in [1.165, 1.54) is 18.9 Å². The van der Waals surface area contributed by atoms with Crippen LogP contribution in [0.15, 0.2) is 12.2 Å². The number of Topliss-reactive ketones (excluding diaryl/α,β-unsaturated/α-hetero) is 1. The lowest BCUT2D eigenvalue weighted by atomic mass is 10.0. The number of aliphatic hydroxyl groups is 2. The number of ketones is 1. The van der Waals surface area contributed by atoms with Crippen LogP contribution in [0.5, 0.6) is 0 Å². The SMILES string of the molecule is CCCCCC(O)C=C[C@@H]1C(SCCCSCC(=O)OC)C(=O)C[C@H]1O. The Morgan fingerprint density at radius 2 is 2.12 bits per heavy atom. The van der Waals surface area contributed by atoms with Crippen LogP contribution in [-0.4, -0.2) is 63.8 Å². The van der Waals surface area contributed by atoms with Gasteiger partial charge in [0.2, 0.25) is 0 Å². The summed E-state index contributed by atoms with van der Waals surface area (Å²) in [5.41, 5.74) is 0. The zero-order valence-corrected chi connectivity index (χ0v) is 17.4. The molecule has 1 aliphatic carbocycles. The summed E-state index contributed by atoms with van der Waals surface area (Å²) >= 11 is 3.09. The monoisotopic (exact) mass is 404 g/mol. The average Bonchev–Trinajstić information content (AvgIpc) is 2.89. The molecule has 0 radical (unpaired) electrons. The third-order valence-electron chi connectivity index (χ3n) is 4.36. The molecule has 1 aliphatic rings. The largest absolute Gasteiger partial charge is 0.468 e. The number of rotatable bonds is 13. The van der Waals surface area contributed by atoms with Crippen LogP contribution in [0.25, 0.3) is 0 Å². The Bertz CT molecular complexity index is 455. The Hall–Kier alpha value is -0.500. The summed E-state index contributed by atoms with van der Waals surface area (Å²) in [7, 11) is 1.38.